The first-order valence-electron chi connectivity index (χ1n) is 10.2. The van der Waals surface area contributed by atoms with Crippen molar-refractivity contribution in [2.75, 3.05) is 11.4 Å². The maximum Gasteiger partial charge on any atom is 0.258 e. The molecule has 1 aromatic carbocycles. The van der Waals surface area contributed by atoms with E-state index in [0.717, 1.165) is 30.6 Å². The molecular formula is C23H19FN6. The van der Waals surface area contributed by atoms with Crippen molar-refractivity contribution < 1.29 is 4.39 Å². The summed E-state index contributed by atoms with van der Waals surface area (Å²) in [6.07, 6.45) is 7.04. The van der Waals surface area contributed by atoms with E-state index in [-0.39, 0.29) is 5.41 Å². The third-order valence-corrected chi connectivity index (χ3v) is 6.04. The monoisotopic (exact) mass is 398 g/mol. The zero-order valence-corrected chi connectivity index (χ0v) is 16.6. The molecule has 7 heteroatoms. The number of nitrogens with zero attached hydrogens (tertiary/aromatic N) is 6. The summed E-state index contributed by atoms with van der Waals surface area (Å²) >= 11 is 0. The second-order valence-corrected chi connectivity index (χ2v) is 8.33. The summed E-state index contributed by atoms with van der Waals surface area (Å²) in [5, 5.41) is 8.69. The Bertz CT molecular complexity index is 1380. The van der Waals surface area contributed by atoms with Crippen molar-refractivity contribution in [3.63, 3.8) is 0 Å². The van der Waals surface area contributed by atoms with Gasteiger partial charge >= 0.3 is 0 Å². The number of fused-ring (bicyclic) bond motifs is 4. The maximum absolute atomic E-state index is 14.1. The lowest BCUT2D eigenvalue weighted by atomic mass is 9.95. The average molecular weight is 398 g/mol. The SMILES string of the molecule is CC1(C#Cc2cccc3c2CCCN3c2nc3nncn3c3ncc(F)cc23)CC1. The van der Waals surface area contributed by atoms with Crippen LogP contribution in [0, 0.1) is 23.1 Å². The van der Waals surface area contributed by atoms with E-state index in [9.17, 15) is 4.39 Å². The van der Waals surface area contributed by atoms with Crippen LogP contribution in [-0.4, -0.2) is 31.1 Å². The molecule has 6 nitrogen and oxygen atoms in total. The molecular weight excluding hydrogens is 379 g/mol. The molecule has 30 heavy (non-hydrogen) atoms. The zero-order chi connectivity index (χ0) is 20.3. The first kappa shape index (κ1) is 17.3. The van der Waals surface area contributed by atoms with Crippen LogP contribution in [0.4, 0.5) is 15.9 Å². The van der Waals surface area contributed by atoms with Crippen LogP contribution in [0.5, 0.6) is 0 Å². The van der Waals surface area contributed by atoms with E-state index in [1.807, 2.05) is 6.07 Å². The van der Waals surface area contributed by atoms with Crippen molar-refractivity contribution in [3.8, 4) is 11.8 Å². The van der Waals surface area contributed by atoms with Gasteiger partial charge in [-0.1, -0.05) is 17.9 Å². The number of benzene rings is 1. The first-order valence-corrected chi connectivity index (χ1v) is 10.2. The average Bonchev–Trinajstić information content (AvgIpc) is 3.30. The fourth-order valence-electron chi connectivity index (χ4n) is 4.10. The topological polar surface area (TPSA) is 59.2 Å². The smallest absolute Gasteiger partial charge is 0.258 e. The summed E-state index contributed by atoms with van der Waals surface area (Å²) in [7, 11) is 0. The summed E-state index contributed by atoms with van der Waals surface area (Å²) in [5.74, 6) is 7.57. The molecule has 0 spiro atoms. The lowest BCUT2D eigenvalue weighted by Gasteiger charge is -2.31. The van der Waals surface area contributed by atoms with Crippen LogP contribution in [0.2, 0.25) is 0 Å². The van der Waals surface area contributed by atoms with Gasteiger partial charge in [0.05, 0.1) is 11.6 Å². The Hall–Kier alpha value is -3.53. The third-order valence-electron chi connectivity index (χ3n) is 6.04. The number of hydrogen-bond donors (Lipinski definition) is 0. The molecule has 0 atom stereocenters. The van der Waals surface area contributed by atoms with Crippen molar-refractivity contribution in [3.05, 3.63) is 53.7 Å². The molecule has 4 aromatic rings. The van der Waals surface area contributed by atoms with E-state index in [0.29, 0.717) is 22.6 Å². The minimum Gasteiger partial charge on any atom is -0.325 e. The molecule has 4 heterocycles. The predicted octanol–water partition coefficient (Wildman–Crippen LogP) is 4.05. The molecule has 0 radical (unpaired) electrons. The van der Waals surface area contributed by atoms with Gasteiger partial charge in [0.2, 0.25) is 0 Å². The third kappa shape index (κ3) is 2.71. The van der Waals surface area contributed by atoms with Crippen molar-refractivity contribution in [1.82, 2.24) is 24.6 Å². The Labute approximate surface area is 172 Å². The highest BCUT2D eigenvalue weighted by atomic mass is 19.1. The highest BCUT2D eigenvalue weighted by molar-refractivity contribution is 5.92. The van der Waals surface area contributed by atoms with Gasteiger partial charge in [0.15, 0.2) is 5.65 Å². The summed E-state index contributed by atoms with van der Waals surface area (Å²) in [5.41, 5.74) is 4.13. The first-order chi connectivity index (χ1) is 14.6. The van der Waals surface area contributed by atoms with E-state index in [4.69, 9.17) is 4.98 Å². The molecule has 1 fully saturated rings. The fourth-order valence-corrected chi connectivity index (χ4v) is 4.10. The quantitative estimate of drug-likeness (QED) is 0.453. The Morgan fingerprint density at radius 1 is 1.23 bits per heavy atom. The van der Waals surface area contributed by atoms with Gasteiger partial charge in [-0.2, -0.15) is 4.98 Å². The number of halogens is 1. The van der Waals surface area contributed by atoms with Gasteiger partial charge in [0.1, 0.15) is 18.0 Å². The number of pyridine rings is 1. The number of hydrogen-bond acceptors (Lipinski definition) is 5. The van der Waals surface area contributed by atoms with Crippen molar-refractivity contribution in [1.29, 1.82) is 0 Å². The van der Waals surface area contributed by atoms with Crippen LogP contribution in [0.1, 0.15) is 37.3 Å². The molecule has 0 bridgehead atoms. The van der Waals surface area contributed by atoms with Gasteiger partial charge in [-0.05, 0) is 56.4 Å². The molecule has 3 aromatic heterocycles. The van der Waals surface area contributed by atoms with Crippen LogP contribution in [0.3, 0.4) is 0 Å². The van der Waals surface area contributed by atoms with Gasteiger partial charge < -0.3 is 4.90 Å². The van der Waals surface area contributed by atoms with E-state index in [1.165, 1.54) is 30.7 Å². The van der Waals surface area contributed by atoms with E-state index < -0.39 is 5.82 Å². The molecule has 1 aliphatic heterocycles. The van der Waals surface area contributed by atoms with Crippen molar-refractivity contribution in [2.24, 2.45) is 5.41 Å². The highest BCUT2D eigenvalue weighted by Crippen LogP contribution is 2.44. The van der Waals surface area contributed by atoms with Gasteiger partial charge in [-0.15, -0.1) is 10.2 Å². The molecule has 0 N–H and O–H groups in total. The summed E-state index contributed by atoms with van der Waals surface area (Å²) < 4.78 is 15.8. The van der Waals surface area contributed by atoms with Crippen LogP contribution >= 0.6 is 0 Å². The second kappa shape index (κ2) is 6.23. The van der Waals surface area contributed by atoms with Crippen LogP contribution < -0.4 is 4.90 Å². The molecule has 0 amide bonds. The van der Waals surface area contributed by atoms with Crippen molar-refractivity contribution in [2.45, 2.75) is 32.6 Å². The molecule has 1 saturated carbocycles. The molecule has 2 aliphatic rings. The van der Waals surface area contributed by atoms with Crippen LogP contribution in [0.15, 0.2) is 36.8 Å². The van der Waals surface area contributed by atoms with Crippen molar-refractivity contribution >= 4 is 28.3 Å². The minimum atomic E-state index is -0.396. The molecule has 0 unspecified atom stereocenters. The molecule has 0 saturated heterocycles. The second-order valence-electron chi connectivity index (χ2n) is 8.33. The summed E-state index contributed by atoms with van der Waals surface area (Å²) in [6.45, 7) is 3.00. The Balaban J connectivity index is 1.55. The Morgan fingerprint density at radius 3 is 3.00 bits per heavy atom. The standard InChI is InChI=1S/C23H19FN6/c1-23(9-10-23)8-7-15-4-2-6-19-17(15)5-3-11-29(19)21-18-12-16(24)13-25-20(18)30-14-26-28-22(30)27-21/h2,4,6,12-14H,3,5,9-11H2,1H3. The predicted molar refractivity (Wildman–Crippen MR) is 112 cm³/mol. The summed E-state index contributed by atoms with van der Waals surface area (Å²) in [6, 6.07) is 7.70. The van der Waals surface area contributed by atoms with Crippen LogP contribution in [0.25, 0.3) is 16.8 Å². The lowest BCUT2D eigenvalue weighted by Crippen LogP contribution is -2.26. The van der Waals surface area contributed by atoms with Gasteiger partial charge in [0, 0.05) is 23.2 Å². The lowest BCUT2D eigenvalue weighted by molar-refractivity contribution is 0.623. The molecule has 148 valence electrons. The van der Waals surface area contributed by atoms with E-state index in [2.05, 4.69) is 51.0 Å². The molecule has 6 rings (SSSR count). The zero-order valence-electron chi connectivity index (χ0n) is 16.6. The number of rotatable bonds is 1. The minimum absolute atomic E-state index is 0.177. The Morgan fingerprint density at radius 2 is 2.13 bits per heavy atom. The van der Waals surface area contributed by atoms with Gasteiger partial charge in [0.25, 0.3) is 5.78 Å². The number of aromatic nitrogens is 5. The van der Waals surface area contributed by atoms with Crippen LogP contribution in [-0.2, 0) is 6.42 Å². The normalized spacial score (nSPS) is 16.9. The highest BCUT2D eigenvalue weighted by Gasteiger charge is 2.35. The van der Waals surface area contributed by atoms with E-state index in [1.54, 1.807) is 10.7 Å². The largest absolute Gasteiger partial charge is 0.325 e. The number of anilines is 2. The Kier molecular flexibility index (Phi) is 3.60. The van der Waals surface area contributed by atoms with E-state index >= 15 is 0 Å². The summed E-state index contributed by atoms with van der Waals surface area (Å²) in [4.78, 5) is 11.2. The van der Waals surface area contributed by atoms with Gasteiger partial charge in [-0.25, -0.2) is 13.8 Å². The fraction of sp³-hybridized carbons (Fsp3) is 0.304. The van der Waals surface area contributed by atoms with Gasteiger partial charge in [-0.3, -0.25) is 0 Å². The molecule has 1 aliphatic carbocycles. The maximum atomic E-state index is 14.1.